The van der Waals surface area contributed by atoms with Gasteiger partial charge >= 0.3 is 0 Å². The summed E-state index contributed by atoms with van der Waals surface area (Å²) in [6.07, 6.45) is 8.84. The highest BCUT2D eigenvalue weighted by Gasteiger charge is 2.45. The number of likely N-dealkylation sites (tertiary alicyclic amines) is 1. The average Bonchev–Trinajstić information content (AvgIpc) is 3.14. The van der Waals surface area contributed by atoms with Crippen LogP contribution < -0.4 is 5.32 Å². The summed E-state index contributed by atoms with van der Waals surface area (Å²) in [7, 11) is 0. The molecule has 1 aromatic heterocycles. The molecule has 2 saturated heterocycles. The van der Waals surface area contributed by atoms with Gasteiger partial charge in [-0.05, 0) is 38.5 Å². The molecule has 3 fully saturated rings. The van der Waals surface area contributed by atoms with Crippen LogP contribution in [0, 0.1) is 0 Å². The Balaban J connectivity index is 1.30. The number of rotatable bonds is 4. The Morgan fingerprint density at radius 3 is 3.04 bits per heavy atom. The van der Waals surface area contributed by atoms with Crippen LogP contribution in [-0.4, -0.2) is 53.2 Å². The molecular formula is C17H25N3O2S. The molecular weight excluding hydrogens is 310 g/mol. The van der Waals surface area contributed by atoms with Gasteiger partial charge in [0.2, 0.25) is 0 Å². The maximum Gasteiger partial charge on any atom is 0.270 e. The highest BCUT2D eigenvalue weighted by atomic mass is 32.1. The summed E-state index contributed by atoms with van der Waals surface area (Å²) >= 11 is 1.45. The van der Waals surface area contributed by atoms with E-state index in [1.165, 1.54) is 50.0 Å². The van der Waals surface area contributed by atoms with E-state index in [1.54, 1.807) is 10.9 Å². The van der Waals surface area contributed by atoms with E-state index in [-0.39, 0.29) is 17.6 Å². The number of ether oxygens (including phenoxy) is 1. The Kier molecular flexibility index (Phi) is 4.39. The van der Waals surface area contributed by atoms with Crippen LogP contribution in [-0.2, 0) is 4.74 Å². The summed E-state index contributed by atoms with van der Waals surface area (Å²) in [5.74, 6) is -0.0861. The van der Waals surface area contributed by atoms with E-state index in [0.717, 1.165) is 25.4 Å². The van der Waals surface area contributed by atoms with E-state index in [2.05, 4.69) is 15.2 Å². The van der Waals surface area contributed by atoms with Crippen molar-refractivity contribution in [3.63, 3.8) is 0 Å². The zero-order valence-corrected chi connectivity index (χ0v) is 14.3. The van der Waals surface area contributed by atoms with Gasteiger partial charge in [-0.15, -0.1) is 11.3 Å². The molecule has 0 unspecified atom stereocenters. The Bertz CT molecular complexity index is 546. The Morgan fingerprint density at radius 2 is 2.30 bits per heavy atom. The largest absolute Gasteiger partial charge is 0.369 e. The number of carbonyl (C=O) groups excluding carboxylic acids is 1. The molecule has 1 aromatic rings. The van der Waals surface area contributed by atoms with Gasteiger partial charge in [0, 0.05) is 31.1 Å². The lowest BCUT2D eigenvalue weighted by Gasteiger charge is -2.41. The molecule has 0 radical (unpaired) electrons. The first kappa shape index (κ1) is 15.5. The highest BCUT2D eigenvalue weighted by molar-refractivity contribution is 7.07. The number of aromatic nitrogens is 1. The molecule has 3 heterocycles. The molecule has 5 nitrogen and oxygen atoms in total. The van der Waals surface area contributed by atoms with Gasteiger partial charge in [-0.1, -0.05) is 6.42 Å². The average molecular weight is 335 g/mol. The van der Waals surface area contributed by atoms with Crippen LogP contribution in [0.1, 0.15) is 55.4 Å². The molecule has 4 rings (SSSR count). The number of carbonyl (C=O) groups is 1. The van der Waals surface area contributed by atoms with Crippen molar-refractivity contribution in [1.29, 1.82) is 0 Å². The molecule has 23 heavy (non-hydrogen) atoms. The number of hydrogen-bond donors (Lipinski definition) is 1. The normalized spacial score (nSPS) is 32.1. The summed E-state index contributed by atoms with van der Waals surface area (Å²) in [5, 5.41) is 4.77. The standard InChI is InChI=1S/C17H25N3O2S/c21-16(15-10-23-12-19-15)18-9-14-5-2-6-17(22-14)7-8-20(11-17)13-3-1-4-13/h10,12-14H,1-9,11H2,(H,18,21)/t14-,17+/m0/s1. The predicted octanol–water partition coefficient (Wildman–Crippen LogP) is 2.44. The fourth-order valence-corrected chi connectivity index (χ4v) is 4.66. The van der Waals surface area contributed by atoms with Crippen LogP contribution in [0.2, 0.25) is 0 Å². The van der Waals surface area contributed by atoms with Gasteiger partial charge in [0.05, 0.1) is 17.2 Å². The van der Waals surface area contributed by atoms with Gasteiger partial charge in [-0.25, -0.2) is 4.98 Å². The third-order valence-electron chi connectivity index (χ3n) is 5.67. The van der Waals surface area contributed by atoms with Crippen LogP contribution in [0.15, 0.2) is 10.9 Å². The van der Waals surface area contributed by atoms with E-state index in [1.807, 2.05) is 0 Å². The zero-order chi connectivity index (χ0) is 15.7. The van der Waals surface area contributed by atoms with Crippen LogP contribution in [0.5, 0.6) is 0 Å². The molecule has 1 spiro atoms. The lowest BCUT2D eigenvalue weighted by Crippen LogP contribution is -2.48. The second-order valence-electron chi connectivity index (χ2n) is 7.20. The van der Waals surface area contributed by atoms with Crippen molar-refractivity contribution >= 4 is 17.2 Å². The molecule has 0 aromatic carbocycles. The maximum atomic E-state index is 12.0. The molecule has 6 heteroatoms. The van der Waals surface area contributed by atoms with Crippen molar-refractivity contribution in [3.8, 4) is 0 Å². The number of nitrogens with one attached hydrogen (secondary N) is 1. The number of amides is 1. The monoisotopic (exact) mass is 335 g/mol. The fourth-order valence-electron chi connectivity index (χ4n) is 4.13. The van der Waals surface area contributed by atoms with Crippen LogP contribution in [0.3, 0.4) is 0 Å². The Labute approximate surface area is 141 Å². The van der Waals surface area contributed by atoms with Gasteiger partial charge in [-0.2, -0.15) is 0 Å². The minimum absolute atomic E-state index is 0.0455. The van der Waals surface area contributed by atoms with Crippen molar-refractivity contribution in [3.05, 3.63) is 16.6 Å². The van der Waals surface area contributed by atoms with E-state index >= 15 is 0 Å². The van der Waals surface area contributed by atoms with E-state index in [0.29, 0.717) is 12.2 Å². The fraction of sp³-hybridized carbons (Fsp3) is 0.765. The van der Waals surface area contributed by atoms with E-state index < -0.39 is 0 Å². The van der Waals surface area contributed by atoms with Crippen LogP contribution in [0.4, 0.5) is 0 Å². The first-order valence-corrected chi connectivity index (χ1v) is 9.77. The highest BCUT2D eigenvalue weighted by Crippen LogP contribution is 2.39. The Morgan fingerprint density at radius 1 is 1.39 bits per heavy atom. The molecule has 1 amide bonds. The second-order valence-corrected chi connectivity index (χ2v) is 7.92. The number of nitrogens with zero attached hydrogens (tertiary/aromatic N) is 2. The first-order chi connectivity index (χ1) is 11.2. The molecule has 1 N–H and O–H groups in total. The van der Waals surface area contributed by atoms with Crippen molar-refractivity contribution in [2.45, 2.75) is 62.7 Å². The third kappa shape index (κ3) is 3.30. The molecule has 3 aliphatic rings. The van der Waals surface area contributed by atoms with Gasteiger partial charge in [0.1, 0.15) is 5.69 Å². The van der Waals surface area contributed by atoms with E-state index in [9.17, 15) is 4.79 Å². The summed E-state index contributed by atoms with van der Waals surface area (Å²) in [4.78, 5) is 18.7. The van der Waals surface area contributed by atoms with E-state index in [4.69, 9.17) is 4.74 Å². The summed E-state index contributed by atoms with van der Waals surface area (Å²) < 4.78 is 6.48. The van der Waals surface area contributed by atoms with Crippen molar-refractivity contribution < 1.29 is 9.53 Å². The minimum atomic E-state index is -0.0861. The van der Waals surface area contributed by atoms with Gasteiger partial charge in [0.15, 0.2) is 0 Å². The number of hydrogen-bond acceptors (Lipinski definition) is 5. The van der Waals surface area contributed by atoms with Crippen molar-refractivity contribution in [2.75, 3.05) is 19.6 Å². The second kappa shape index (κ2) is 6.49. The smallest absolute Gasteiger partial charge is 0.270 e. The third-order valence-corrected chi connectivity index (χ3v) is 6.25. The zero-order valence-electron chi connectivity index (χ0n) is 13.5. The van der Waals surface area contributed by atoms with Crippen LogP contribution in [0.25, 0.3) is 0 Å². The minimum Gasteiger partial charge on any atom is -0.369 e. The molecule has 1 saturated carbocycles. The SMILES string of the molecule is O=C(NC[C@@H]1CCC[C@]2(CCN(C3CCC3)C2)O1)c1cscn1. The summed E-state index contributed by atoms with van der Waals surface area (Å²) in [6, 6.07) is 0.808. The van der Waals surface area contributed by atoms with Gasteiger partial charge in [-0.3, -0.25) is 9.69 Å². The lowest BCUT2D eigenvalue weighted by molar-refractivity contribution is -0.120. The molecule has 2 atom stereocenters. The molecule has 126 valence electrons. The summed E-state index contributed by atoms with van der Waals surface area (Å²) in [5.41, 5.74) is 2.25. The van der Waals surface area contributed by atoms with Crippen molar-refractivity contribution in [1.82, 2.24) is 15.2 Å². The predicted molar refractivity (Wildman–Crippen MR) is 89.7 cm³/mol. The molecule has 0 bridgehead atoms. The maximum absolute atomic E-state index is 12.0. The topological polar surface area (TPSA) is 54.5 Å². The first-order valence-electron chi connectivity index (χ1n) is 8.82. The summed E-state index contributed by atoms with van der Waals surface area (Å²) in [6.45, 7) is 2.87. The number of thiazole rings is 1. The van der Waals surface area contributed by atoms with Crippen LogP contribution >= 0.6 is 11.3 Å². The molecule has 1 aliphatic carbocycles. The van der Waals surface area contributed by atoms with Crippen molar-refractivity contribution in [2.24, 2.45) is 0 Å². The molecule has 2 aliphatic heterocycles. The Hall–Kier alpha value is -0.980. The van der Waals surface area contributed by atoms with Gasteiger partial charge < -0.3 is 10.1 Å². The lowest BCUT2D eigenvalue weighted by atomic mass is 9.89. The quantitative estimate of drug-likeness (QED) is 0.918. The van der Waals surface area contributed by atoms with Gasteiger partial charge in [0.25, 0.3) is 5.91 Å².